The number of rotatable bonds is 6. The average molecular weight is 542 g/mol. The lowest BCUT2D eigenvalue weighted by atomic mass is 10.1. The summed E-state index contributed by atoms with van der Waals surface area (Å²) < 4.78 is 6.76. The number of thiazole rings is 1. The maximum Gasteiger partial charge on any atom is 0.346 e. The molecule has 9 heteroatoms. The summed E-state index contributed by atoms with van der Waals surface area (Å²) in [4.78, 5) is 22.1. The number of fused-ring (bicyclic) bond motifs is 1. The Morgan fingerprint density at radius 1 is 1.06 bits per heavy atom. The number of halogens is 1. The van der Waals surface area contributed by atoms with E-state index in [0.717, 1.165) is 47.3 Å². The lowest BCUT2D eigenvalue weighted by molar-refractivity contribution is 0.108. The zero-order chi connectivity index (χ0) is 23.7. The molecule has 0 atom stereocenters. The average Bonchev–Trinajstić information content (AvgIpc) is 3.32. The third-order valence-corrected chi connectivity index (χ3v) is 7.52. The van der Waals surface area contributed by atoms with Gasteiger partial charge < -0.3 is 14.6 Å². The van der Waals surface area contributed by atoms with Crippen LogP contribution in [0, 0.1) is 0 Å². The molecule has 1 aliphatic heterocycles. The van der Waals surface area contributed by atoms with Crippen LogP contribution in [0.3, 0.4) is 0 Å². The summed E-state index contributed by atoms with van der Waals surface area (Å²) in [7, 11) is 0. The van der Waals surface area contributed by atoms with E-state index >= 15 is 0 Å². The van der Waals surface area contributed by atoms with Crippen molar-refractivity contribution in [2.24, 2.45) is 0 Å². The van der Waals surface area contributed by atoms with Gasteiger partial charge in [0.15, 0.2) is 0 Å². The molecule has 7 nitrogen and oxygen atoms in total. The van der Waals surface area contributed by atoms with Crippen LogP contribution in [0.4, 0.5) is 0 Å². The number of phenols is 1. The van der Waals surface area contributed by atoms with E-state index in [1.807, 2.05) is 29.6 Å². The standard InChI is InChI=1S/C25H24BrN3O4S/c26-18-4-1-16(2-5-18)21-15-34-24(27-21)19-13-17-3-6-22(31)20(23(17)33-25(19)32)14-29-9-7-28(8-10-29)11-12-30/h1-6,13,15,30-31H,7-12,14H2. The second-order valence-electron chi connectivity index (χ2n) is 8.32. The number of aromatic nitrogens is 1. The second kappa shape index (κ2) is 9.97. The van der Waals surface area contributed by atoms with Gasteiger partial charge in [-0.1, -0.05) is 28.1 Å². The highest BCUT2D eigenvalue weighted by atomic mass is 79.9. The largest absolute Gasteiger partial charge is 0.507 e. The van der Waals surface area contributed by atoms with Crippen molar-refractivity contribution in [3.63, 3.8) is 0 Å². The normalized spacial score (nSPS) is 15.2. The Bertz CT molecular complexity index is 1360. The third kappa shape index (κ3) is 4.80. The van der Waals surface area contributed by atoms with Gasteiger partial charge in [-0.25, -0.2) is 9.78 Å². The van der Waals surface area contributed by atoms with E-state index in [9.17, 15) is 9.90 Å². The SMILES string of the molecule is O=c1oc2c(CN3CCN(CCO)CC3)c(O)ccc2cc1-c1nc(-c2ccc(Br)cc2)cs1. The van der Waals surface area contributed by atoms with Gasteiger partial charge in [0.2, 0.25) is 0 Å². The van der Waals surface area contributed by atoms with Crippen molar-refractivity contribution in [3.8, 4) is 27.6 Å². The Morgan fingerprint density at radius 2 is 1.79 bits per heavy atom. The van der Waals surface area contributed by atoms with Gasteiger partial charge in [0.25, 0.3) is 0 Å². The first-order valence-corrected chi connectivity index (χ1v) is 12.7. The Labute approximate surface area is 209 Å². The fraction of sp³-hybridized carbons (Fsp3) is 0.280. The Hall–Kier alpha value is -2.56. The Morgan fingerprint density at radius 3 is 2.53 bits per heavy atom. The number of aliphatic hydroxyl groups is 1. The summed E-state index contributed by atoms with van der Waals surface area (Å²) in [6.07, 6.45) is 0. The molecule has 1 saturated heterocycles. The van der Waals surface area contributed by atoms with E-state index < -0.39 is 5.63 Å². The zero-order valence-corrected chi connectivity index (χ0v) is 20.8. The molecule has 2 aromatic carbocycles. The van der Waals surface area contributed by atoms with Gasteiger partial charge in [0.05, 0.1) is 23.4 Å². The van der Waals surface area contributed by atoms with Crippen molar-refractivity contribution in [2.45, 2.75) is 6.54 Å². The topological polar surface area (TPSA) is 90.0 Å². The summed E-state index contributed by atoms with van der Waals surface area (Å²) >= 11 is 4.84. The maximum absolute atomic E-state index is 13.0. The molecular weight excluding hydrogens is 518 g/mol. The quantitative estimate of drug-likeness (QED) is 0.354. The van der Waals surface area contributed by atoms with Crippen LogP contribution in [0.25, 0.3) is 32.8 Å². The molecule has 0 spiro atoms. The lowest BCUT2D eigenvalue weighted by Crippen LogP contribution is -2.46. The molecule has 176 valence electrons. The number of aliphatic hydroxyl groups excluding tert-OH is 1. The van der Waals surface area contributed by atoms with Gasteiger partial charge in [-0.2, -0.15) is 0 Å². The first kappa shape index (κ1) is 23.2. The van der Waals surface area contributed by atoms with Gasteiger partial charge in [-0.3, -0.25) is 9.80 Å². The van der Waals surface area contributed by atoms with Crippen LogP contribution < -0.4 is 5.63 Å². The lowest BCUT2D eigenvalue weighted by Gasteiger charge is -2.34. The highest BCUT2D eigenvalue weighted by molar-refractivity contribution is 9.10. The van der Waals surface area contributed by atoms with E-state index in [-0.39, 0.29) is 12.4 Å². The predicted octanol–water partition coefficient (Wildman–Crippen LogP) is 4.16. The van der Waals surface area contributed by atoms with Crippen LogP contribution in [0.2, 0.25) is 0 Å². The number of hydrogen-bond acceptors (Lipinski definition) is 8. The summed E-state index contributed by atoms with van der Waals surface area (Å²) in [6, 6.07) is 13.1. The van der Waals surface area contributed by atoms with Crippen molar-refractivity contribution in [1.29, 1.82) is 0 Å². The van der Waals surface area contributed by atoms with Gasteiger partial charge in [-0.05, 0) is 30.3 Å². The van der Waals surface area contributed by atoms with E-state index in [1.54, 1.807) is 18.2 Å². The van der Waals surface area contributed by atoms with Crippen molar-refractivity contribution in [3.05, 3.63) is 68.3 Å². The molecule has 5 rings (SSSR count). The van der Waals surface area contributed by atoms with Crippen LogP contribution in [0.15, 0.2) is 61.5 Å². The summed E-state index contributed by atoms with van der Waals surface area (Å²) in [5.41, 5.74) is 2.75. The van der Waals surface area contributed by atoms with Crippen LogP contribution in [0.1, 0.15) is 5.56 Å². The zero-order valence-electron chi connectivity index (χ0n) is 18.4. The van der Waals surface area contributed by atoms with Crippen LogP contribution in [-0.4, -0.2) is 64.3 Å². The Kier molecular flexibility index (Phi) is 6.80. The third-order valence-electron chi connectivity index (χ3n) is 6.12. The smallest absolute Gasteiger partial charge is 0.346 e. The van der Waals surface area contributed by atoms with Gasteiger partial charge >= 0.3 is 5.63 Å². The molecule has 0 aliphatic carbocycles. The molecule has 34 heavy (non-hydrogen) atoms. The first-order valence-electron chi connectivity index (χ1n) is 11.1. The fourth-order valence-electron chi connectivity index (χ4n) is 4.22. The molecule has 1 aliphatic rings. The highest BCUT2D eigenvalue weighted by Gasteiger charge is 2.21. The van der Waals surface area contributed by atoms with Crippen molar-refractivity contribution >= 4 is 38.2 Å². The predicted molar refractivity (Wildman–Crippen MR) is 137 cm³/mol. The number of β-amino-alcohol motifs (C(OH)–C–C–N with tert-alkyl or cyclic N) is 1. The molecule has 2 aromatic heterocycles. The molecule has 0 amide bonds. The maximum atomic E-state index is 13.0. The molecule has 4 aromatic rings. The molecule has 1 fully saturated rings. The minimum Gasteiger partial charge on any atom is -0.507 e. The number of nitrogens with zero attached hydrogens (tertiary/aromatic N) is 3. The van der Waals surface area contributed by atoms with E-state index in [1.165, 1.54) is 11.3 Å². The number of hydrogen-bond donors (Lipinski definition) is 2. The number of piperazine rings is 1. The molecule has 3 heterocycles. The fourth-order valence-corrected chi connectivity index (χ4v) is 5.32. The van der Waals surface area contributed by atoms with Crippen LogP contribution in [-0.2, 0) is 6.54 Å². The van der Waals surface area contributed by atoms with E-state index in [4.69, 9.17) is 9.52 Å². The van der Waals surface area contributed by atoms with Crippen molar-refractivity contribution < 1.29 is 14.6 Å². The number of aromatic hydroxyl groups is 1. The second-order valence-corrected chi connectivity index (χ2v) is 10.1. The van der Waals surface area contributed by atoms with Crippen LogP contribution >= 0.6 is 27.3 Å². The van der Waals surface area contributed by atoms with E-state index in [2.05, 4.69) is 30.7 Å². The number of benzene rings is 2. The van der Waals surface area contributed by atoms with Gasteiger partial charge in [0, 0.05) is 60.1 Å². The van der Waals surface area contributed by atoms with E-state index in [0.29, 0.717) is 34.8 Å². The summed E-state index contributed by atoms with van der Waals surface area (Å²) in [6.45, 7) is 4.65. The summed E-state index contributed by atoms with van der Waals surface area (Å²) in [5.74, 6) is 0.118. The minimum atomic E-state index is -0.469. The Balaban J connectivity index is 1.44. The first-order chi connectivity index (χ1) is 16.5. The summed E-state index contributed by atoms with van der Waals surface area (Å²) in [5, 5.41) is 23.0. The molecule has 2 N–H and O–H groups in total. The molecule has 0 bridgehead atoms. The molecule has 0 saturated carbocycles. The van der Waals surface area contributed by atoms with Crippen molar-refractivity contribution in [1.82, 2.24) is 14.8 Å². The molecule has 0 unspecified atom stereocenters. The number of phenolic OH excluding ortho intramolecular Hbond substituents is 1. The van der Waals surface area contributed by atoms with Gasteiger partial charge in [0.1, 0.15) is 16.3 Å². The monoisotopic (exact) mass is 541 g/mol. The van der Waals surface area contributed by atoms with Gasteiger partial charge in [-0.15, -0.1) is 11.3 Å². The van der Waals surface area contributed by atoms with Crippen molar-refractivity contribution in [2.75, 3.05) is 39.3 Å². The van der Waals surface area contributed by atoms with Crippen LogP contribution in [0.5, 0.6) is 5.75 Å². The minimum absolute atomic E-state index is 0.118. The highest BCUT2D eigenvalue weighted by Crippen LogP contribution is 2.32. The molecular formula is C25H24BrN3O4S. The molecule has 0 radical (unpaired) electrons.